The molecule has 21 heavy (non-hydrogen) atoms. The lowest BCUT2D eigenvalue weighted by Gasteiger charge is -2.15. The molecular weight excluding hydrogens is 410 g/mol. The zero-order valence-corrected chi connectivity index (χ0v) is 14.1. The van der Waals surface area contributed by atoms with Gasteiger partial charge >= 0.3 is 12.0 Å². The number of rotatable bonds is 5. The molecule has 0 heterocycles. The predicted molar refractivity (Wildman–Crippen MR) is 84.0 cm³/mol. The minimum absolute atomic E-state index is 0.446. The van der Waals surface area contributed by atoms with E-state index < -0.39 is 30.4 Å². The third-order valence-corrected chi connectivity index (χ3v) is 3.68. The van der Waals surface area contributed by atoms with E-state index in [-0.39, 0.29) is 0 Å². The van der Waals surface area contributed by atoms with Gasteiger partial charge in [-0.1, -0.05) is 0 Å². The molecule has 0 unspecified atom stereocenters. The number of aryl methyl sites for hydroxylation is 1. The number of amides is 3. The maximum absolute atomic E-state index is 11.8. The lowest BCUT2D eigenvalue weighted by atomic mass is 10.2. The molecule has 0 radical (unpaired) electrons. The normalized spacial score (nSPS) is 11.6. The number of carbonyl (C=O) groups excluding carboxylic acids is 2. The molecule has 7 nitrogen and oxygen atoms in total. The van der Waals surface area contributed by atoms with Gasteiger partial charge in [-0.2, -0.15) is 0 Å². The molecule has 0 aliphatic rings. The Hall–Kier alpha value is -1.61. The Balaban J connectivity index is 2.82. The van der Waals surface area contributed by atoms with Crippen LogP contribution in [0.25, 0.3) is 0 Å². The van der Waals surface area contributed by atoms with Gasteiger partial charge in [0.25, 0.3) is 0 Å². The fraction of sp³-hybridized carbons (Fsp3) is 0.250. The van der Waals surface area contributed by atoms with E-state index in [0.717, 1.165) is 5.56 Å². The van der Waals surface area contributed by atoms with Gasteiger partial charge in [0.05, 0.1) is 12.1 Å². The molecule has 1 aromatic carbocycles. The number of carboxylic acid groups (broad SMARTS) is 1. The van der Waals surface area contributed by atoms with Crippen molar-refractivity contribution in [1.82, 2.24) is 5.32 Å². The number of benzene rings is 1. The van der Waals surface area contributed by atoms with Crippen LogP contribution >= 0.6 is 31.9 Å². The lowest BCUT2D eigenvalue weighted by molar-refractivity contribution is -0.140. The van der Waals surface area contributed by atoms with Crippen LogP contribution in [0.15, 0.2) is 21.1 Å². The van der Waals surface area contributed by atoms with Crippen molar-refractivity contribution < 1.29 is 19.5 Å². The van der Waals surface area contributed by atoms with Crippen molar-refractivity contribution in [2.75, 3.05) is 5.32 Å². The van der Waals surface area contributed by atoms with E-state index in [4.69, 9.17) is 10.8 Å². The number of carboxylic acids is 1. The summed E-state index contributed by atoms with van der Waals surface area (Å²) in [5.41, 5.74) is 6.35. The van der Waals surface area contributed by atoms with Gasteiger partial charge in [-0.15, -0.1) is 0 Å². The van der Waals surface area contributed by atoms with Gasteiger partial charge in [-0.25, -0.2) is 9.59 Å². The van der Waals surface area contributed by atoms with E-state index in [1.54, 1.807) is 12.1 Å². The summed E-state index contributed by atoms with van der Waals surface area (Å²) in [6, 6.07) is 1.44. The predicted octanol–water partition coefficient (Wildman–Crippen LogP) is 1.97. The summed E-state index contributed by atoms with van der Waals surface area (Å²) in [5.74, 6) is -2.16. The van der Waals surface area contributed by atoms with Crippen molar-refractivity contribution in [3.05, 3.63) is 26.6 Å². The van der Waals surface area contributed by atoms with Crippen LogP contribution in [-0.2, 0) is 9.59 Å². The Morgan fingerprint density at radius 3 is 2.24 bits per heavy atom. The molecule has 0 aromatic heterocycles. The van der Waals surface area contributed by atoms with E-state index in [0.29, 0.717) is 14.6 Å². The zero-order valence-electron chi connectivity index (χ0n) is 10.9. The maximum Gasteiger partial charge on any atom is 0.326 e. The van der Waals surface area contributed by atoms with Crippen molar-refractivity contribution in [2.45, 2.75) is 19.4 Å². The standard InChI is InChI=1S/C12H13Br2N3O4/c1-5-2-6(13)10(7(14)3-5)17-12(21)16-8(11(19)20)4-9(15)18/h2-3,8H,4H2,1H3,(H2,15,18)(H,19,20)(H2,16,17,21)/t8-/m1/s1. The first kappa shape index (κ1) is 17.4. The number of nitrogens with one attached hydrogen (secondary N) is 2. The maximum atomic E-state index is 11.8. The molecule has 9 heteroatoms. The second-order valence-corrected chi connectivity index (χ2v) is 5.97. The molecule has 5 N–H and O–H groups in total. The van der Waals surface area contributed by atoms with E-state index in [9.17, 15) is 14.4 Å². The minimum atomic E-state index is -1.38. The van der Waals surface area contributed by atoms with Crippen LogP contribution in [0.1, 0.15) is 12.0 Å². The molecule has 0 bridgehead atoms. The molecular formula is C12H13Br2N3O4. The van der Waals surface area contributed by atoms with Gasteiger partial charge < -0.3 is 21.5 Å². The van der Waals surface area contributed by atoms with Crippen LogP contribution in [0.2, 0.25) is 0 Å². The van der Waals surface area contributed by atoms with Crippen molar-refractivity contribution in [3.63, 3.8) is 0 Å². The Labute approximate surface area is 137 Å². The van der Waals surface area contributed by atoms with Gasteiger partial charge in [0, 0.05) is 8.95 Å². The lowest BCUT2D eigenvalue weighted by Crippen LogP contribution is -2.45. The van der Waals surface area contributed by atoms with Crippen LogP contribution in [0.3, 0.4) is 0 Å². The summed E-state index contributed by atoms with van der Waals surface area (Å²) in [6.07, 6.45) is -0.487. The molecule has 0 saturated carbocycles. The summed E-state index contributed by atoms with van der Waals surface area (Å²) in [7, 11) is 0. The largest absolute Gasteiger partial charge is 0.480 e. The zero-order chi connectivity index (χ0) is 16.2. The Morgan fingerprint density at radius 1 is 1.29 bits per heavy atom. The van der Waals surface area contributed by atoms with Gasteiger partial charge in [0.1, 0.15) is 6.04 Å². The first-order chi connectivity index (χ1) is 9.70. The van der Waals surface area contributed by atoms with E-state index in [1.807, 2.05) is 6.92 Å². The fourth-order valence-electron chi connectivity index (χ4n) is 1.53. The monoisotopic (exact) mass is 421 g/mol. The number of hydrogen-bond donors (Lipinski definition) is 4. The number of nitrogens with two attached hydrogens (primary N) is 1. The Kier molecular flexibility index (Phi) is 6.16. The highest BCUT2D eigenvalue weighted by Gasteiger charge is 2.22. The van der Waals surface area contributed by atoms with Gasteiger partial charge in [-0.3, -0.25) is 4.79 Å². The van der Waals surface area contributed by atoms with E-state index >= 15 is 0 Å². The summed E-state index contributed by atoms with van der Waals surface area (Å²) < 4.78 is 1.26. The molecule has 0 aliphatic heterocycles. The SMILES string of the molecule is Cc1cc(Br)c(NC(=O)N[C@H](CC(N)=O)C(=O)O)c(Br)c1. The molecule has 1 rings (SSSR count). The van der Waals surface area contributed by atoms with Crippen LogP contribution in [0.4, 0.5) is 10.5 Å². The molecule has 0 saturated heterocycles. The molecule has 114 valence electrons. The van der Waals surface area contributed by atoms with Gasteiger partial charge in [0.2, 0.25) is 5.91 Å². The van der Waals surface area contributed by atoms with E-state index in [1.165, 1.54) is 0 Å². The quantitative estimate of drug-likeness (QED) is 0.579. The van der Waals surface area contributed by atoms with E-state index in [2.05, 4.69) is 42.5 Å². The highest BCUT2D eigenvalue weighted by molar-refractivity contribution is 9.11. The summed E-state index contributed by atoms with van der Waals surface area (Å²) in [6.45, 7) is 1.88. The average Bonchev–Trinajstić information content (AvgIpc) is 2.32. The molecule has 1 atom stereocenters. The minimum Gasteiger partial charge on any atom is -0.480 e. The number of primary amides is 1. The number of hydrogen-bond acceptors (Lipinski definition) is 3. The highest BCUT2D eigenvalue weighted by atomic mass is 79.9. The summed E-state index contributed by atoms with van der Waals surface area (Å²) >= 11 is 6.60. The van der Waals surface area contributed by atoms with Crippen LogP contribution in [0, 0.1) is 6.92 Å². The van der Waals surface area contributed by atoms with Crippen molar-refractivity contribution in [3.8, 4) is 0 Å². The molecule has 0 aliphatic carbocycles. The fourth-order valence-corrected chi connectivity index (χ4v) is 3.14. The number of aliphatic carboxylic acids is 1. The first-order valence-corrected chi connectivity index (χ1v) is 7.33. The van der Waals surface area contributed by atoms with Crippen LogP contribution in [-0.4, -0.2) is 29.1 Å². The van der Waals surface area contributed by atoms with Crippen LogP contribution in [0.5, 0.6) is 0 Å². The van der Waals surface area contributed by atoms with Crippen molar-refractivity contribution in [1.29, 1.82) is 0 Å². The Morgan fingerprint density at radius 2 is 1.81 bits per heavy atom. The van der Waals surface area contributed by atoms with Gasteiger partial charge in [-0.05, 0) is 56.5 Å². The Bertz CT molecular complexity index is 569. The average molecular weight is 423 g/mol. The van der Waals surface area contributed by atoms with Crippen LogP contribution < -0.4 is 16.4 Å². The number of anilines is 1. The molecule has 1 aromatic rings. The second kappa shape index (κ2) is 7.41. The number of carbonyl (C=O) groups is 3. The smallest absolute Gasteiger partial charge is 0.326 e. The molecule has 0 fully saturated rings. The van der Waals surface area contributed by atoms with Gasteiger partial charge in [0.15, 0.2) is 0 Å². The highest BCUT2D eigenvalue weighted by Crippen LogP contribution is 2.32. The van der Waals surface area contributed by atoms with Crippen molar-refractivity contribution in [2.24, 2.45) is 5.73 Å². The molecule has 3 amide bonds. The number of halogens is 2. The third-order valence-electron chi connectivity index (χ3n) is 2.43. The first-order valence-electron chi connectivity index (χ1n) is 5.75. The number of urea groups is 1. The topological polar surface area (TPSA) is 122 Å². The third kappa shape index (κ3) is 5.35. The van der Waals surface area contributed by atoms with Crippen molar-refractivity contribution >= 4 is 55.5 Å². The summed E-state index contributed by atoms with van der Waals surface area (Å²) in [4.78, 5) is 33.5. The summed E-state index contributed by atoms with van der Waals surface area (Å²) in [5, 5.41) is 13.6. The molecule has 0 spiro atoms. The second-order valence-electron chi connectivity index (χ2n) is 4.26.